The predicted octanol–water partition coefficient (Wildman–Crippen LogP) is 4.42. The van der Waals surface area contributed by atoms with Crippen LogP contribution in [0.3, 0.4) is 0 Å². The molecule has 0 spiro atoms. The van der Waals surface area contributed by atoms with Gasteiger partial charge in [0.25, 0.3) is 15.9 Å². The van der Waals surface area contributed by atoms with Crippen LogP contribution >= 0.6 is 11.6 Å². The average molecular weight is 515 g/mol. The van der Waals surface area contributed by atoms with E-state index >= 15 is 0 Å². The third-order valence-corrected chi connectivity index (χ3v) is 7.49. The molecule has 1 N–H and O–H groups in total. The average Bonchev–Trinajstić information content (AvgIpc) is 2.84. The maximum atomic E-state index is 13.5. The first-order valence-electron chi connectivity index (χ1n) is 10.8. The molecule has 1 aliphatic heterocycles. The molecule has 3 aromatic carbocycles. The molecule has 0 aromatic heterocycles. The molecule has 3 aromatic rings. The molecule has 182 valence electrons. The van der Waals surface area contributed by atoms with E-state index in [1.54, 1.807) is 43.3 Å². The molecular weight excluding hydrogens is 492 g/mol. The summed E-state index contributed by atoms with van der Waals surface area (Å²) in [6.07, 6.45) is -1.15. The highest BCUT2D eigenvalue weighted by Crippen LogP contribution is 2.37. The van der Waals surface area contributed by atoms with E-state index in [0.29, 0.717) is 5.69 Å². The lowest BCUT2D eigenvalue weighted by Gasteiger charge is -2.34. The Bertz CT molecular complexity index is 1370. The number of nitrogens with zero attached hydrogens (tertiary/aromatic N) is 1. The number of amides is 1. The quantitative estimate of drug-likeness (QED) is 0.488. The van der Waals surface area contributed by atoms with Gasteiger partial charge in [-0.25, -0.2) is 13.2 Å². The van der Waals surface area contributed by atoms with Gasteiger partial charge in [0.2, 0.25) is 0 Å². The third-order valence-electron chi connectivity index (χ3n) is 5.37. The predicted molar refractivity (Wildman–Crippen MR) is 133 cm³/mol. The summed E-state index contributed by atoms with van der Waals surface area (Å²) in [6, 6.07) is 17.5. The number of aryl methyl sites for hydroxylation is 1. The fourth-order valence-electron chi connectivity index (χ4n) is 3.59. The summed E-state index contributed by atoms with van der Waals surface area (Å²) in [4.78, 5) is 25.4. The lowest BCUT2D eigenvalue weighted by molar-refractivity contribution is -0.122. The van der Waals surface area contributed by atoms with Gasteiger partial charge in [0.15, 0.2) is 6.10 Å². The highest BCUT2D eigenvalue weighted by molar-refractivity contribution is 7.92. The molecule has 0 aliphatic carbocycles. The van der Waals surface area contributed by atoms with Gasteiger partial charge in [-0.1, -0.05) is 41.4 Å². The number of sulfonamides is 1. The number of benzene rings is 3. The van der Waals surface area contributed by atoms with E-state index in [0.717, 1.165) is 5.56 Å². The summed E-state index contributed by atoms with van der Waals surface area (Å²) < 4.78 is 39.0. The molecule has 10 heteroatoms. The number of ether oxygens (including phenoxy) is 2. The molecule has 0 bridgehead atoms. The molecule has 1 amide bonds. The number of esters is 1. The molecule has 0 fully saturated rings. The normalized spacial score (nSPS) is 15.1. The fourth-order valence-corrected chi connectivity index (χ4v) is 5.27. The zero-order valence-electron chi connectivity index (χ0n) is 19.0. The van der Waals surface area contributed by atoms with Crippen LogP contribution in [0.25, 0.3) is 0 Å². The largest absolute Gasteiger partial charge is 0.476 e. The Labute approximate surface area is 208 Å². The second kappa shape index (κ2) is 9.97. The van der Waals surface area contributed by atoms with E-state index in [1.807, 2.05) is 6.92 Å². The van der Waals surface area contributed by atoms with Crippen LogP contribution in [0.5, 0.6) is 5.75 Å². The molecule has 1 atom stereocenters. The molecule has 1 aliphatic rings. The van der Waals surface area contributed by atoms with Crippen LogP contribution in [-0.4, -0.2) is 39.5 Å². The first-order chi connectivity index (χ1) is 16.7. The molecule has 1 unspecified atom stereocenters. The van der Waals surface area contributed by atoms with Crippen molar-refractivity contribution in [3.05, 3.63) is 82.9 Å². The molecular formula is C25H23ClN2O6S. The number of carbonyl (C=O) groups excluding carboxylic acids is 2. The van der Waals surface area contributed by atoms with E-state index in [-0.39, 0.29) is 40.1 Å². The van der Waals surface area contributed by atoms with Gasteiger partial charge < -0.3 is 14.8 Å². The van der Waals surface area contributed by atoms with E-state index in [4.69, 9.17) is 21.1 Å². The molecule has 0 saturated heterocycles. The lowest BCUT2D eigenvalue weighted by Crippen LogP contribution is -2.48. The van der Waals surface area contributed by atoms with Crippen molar-refractivity contribution in [3.63, 3.8) is 0 Å². The van der Waals surface area contributed by atoms with Crippen molar-refractivity contribution in [1.82, 2.24) is 0 Å². The maximum Gasteiger partial charge on any atom is 0.339 e. The van der Waals surface area contributed by atoms with Gasteiger partial charge in [-0.2, -0.15) is 0 Å². The van der Waals surface area contributed by atoms with Crippen LogP contribution < -0.4 is 14.4 Å². The molecule has 35 heavy (non-hydrogen) atoms. The van der Waals surface area contributed by atoms with E-state index in [2.05, 4.69) is 5.32 Å². The minimum Gasteiger partial charge on any atom is -0.476 e. The van der Waals surface area contributed by atoms with Crippen molar-refractivity contribution in [3.8, 4) is 5.75 Å². The van der Waals surface area contributed by atoms with Crippen molar-refractivity contribution in [2.45, 2.75) is 24.8 Å². The number of nitrogens with one attached hydrogen (secondary N) is 1. The van der Waals surface area contributed by atoms with Gasteiger partial charge in [-0.3, -0.25) is 9.10 Å². The summed E-state index contributed by atoms with van der Waals surface area (Å²) in [5.74, 6) is -0.939. The highest BCUT2D eigenvalue weighted by atomic mass is 35.5. The molecule has 0 radical (unpaired) electrons. The first-order valence-corrected chi connectivity index (χ1v) is 12.6. The maximum absolute atomic E-state index is 13.5. The number of fused-ring (bicyclic) bond motifs is 1. The smallest absolute Gasteiger partial charge is 0.339 e. The number of hydrogen-bond donors (Lipinski definition) is 1. The summed E-state index contributed by atoms with van der Waals surface area (Å²) in [7, 11) is -3.97. The lowest BCUT2D eigenvalue weighted by atomic mass is 10.2. The SMILES string of the molecule is CCOC(=O)c1cc(NC(=O)C2CN(S(=O)(=O)c3ccc(C)cc3)c3ccccc3O2)ccc1Cl. The summed E-state index contributed by atoms with van der Waals surface area (Å²) in [6.45, 7) is 3.47. The number of para-hydroxylation sites is 2. The summed E-state index contributed by atoms with van der Waals surface area (Å²) in [5.41, 5.74) is 1.66. The topological polar surface area (TPSA) is 102 Å². The van der Waals surface area contributed by atoms with Gasteiger partial charge in [-0.05, 0) is 56.3 Å². The number of halogens is 1. The Morgan fingerprint density at radius 1 is 1.11 bits per heavy atom. The monoisotopic (exact) mass is 514 g/mol. The van der Waals surface area contributed by atoms with Crippen molar-refractivity contribution in [2.24, 2.45) is 0 Å². The Morgan fingerprint density at radius 3 is 2.54 bits per heavy atom. The van der Waals surface area contributed by atoms with Gasteiger partial charge in [0.1, 0.15) is 5.75 Å². The van der Waals surface area contributed by atoms with E-state index < -0.39 is 28.0 Å². The van der Waals surface area contributed by atoms with Crippen LogP contribution in [0.1, 0.15) is 22.8 Å². The van der Waals surface area contributed by atoms with Gasteiger partial charge in [-0.15, -0.1) is 0 Å². The molecule has 8 nitrogen and oxygen atoms in total. The zero-order valence-corrected chi connectivity index (χ0v) is 20.6. The Morgan fingerprint density at radius 2 is 1.83 bits per heavy atom. The zero-order chi connectivity index (χ0) is 25.2. The van der Waals surface area contributed by atoms with Crippen molar-refractivity contribution in [1.29, 1.82) is 0 Å². The minimum atomic E-state index is -3.97. The van der Waals surface area contributed by atoms with Gasteiger partial charge in [0.05, 0.1) is 34.3 Å². The van der Waals surface area contributed by atoms with Crippen LogP contribution in [-0.2, 0) is 19.6 Å². The third kappa shape index (κ3) is 5.11. The second-order valence-electron chi connectivity index (χ2n) is 7.83. The summed E-state index contributed by atoms with van der Waals surface area (Å²) >= 11 is 6.09. The Kier molecular flexibility index (Phi) is 7.00. The summed E-state index contributed by atoms with van der Waals surface area (Å²) in [5, 5.41) is 2.85. The van der Waals surface area contributed by atoms with Crippen LogP contribution in [0, 0.1) is 6.92 Å². The second-order valence-corrected chi connectivity index (χ2v) is 10.1. The van der Waals surface area contributed by atoms with Gasteiger partial charge >= 0.3 is 5.97 Å². The number of carbonyl (C=O) groups is 2. The Balaban J connectivity index is 1.62. The van der Waals surface area contributed by atoms with E-state index in [1.165, 1.54) is 34.6 Å². The van der Waals surface area contributed by atoms with Crippen molar-refractivity contribution < 1.29 is 27.5 Å². The number of anilines is 2. The van der Waals surface area contributed by atoms with Gasteiger partial charge in [0, 0.05) is 5.69 Å². The minimum absolute atomic E-state index is 0.102. The van der Waals surface area contributed by atoms with Crippen LogP contribution in [0.15, 0.2) is 71.6 Å². The van der Waals surface area contributed by atoms with Crippen molar-refractivity contribution in [2.75, 3.05) is 22.8 Å². The van der Waals surface area contributed by atoms with Crippen LogP contribution in [0.4, 0.5) is 11.4 Å². The molecule has 0 saturated carbocycles. The van der Waals surface area contributed by atoms with E-state index in [9.17, 15) is 18.0 Å². The number of hydrogen-bond acceptors (Lipinski definition) is 6. The first kappa shape index (κ1) is 24.6. The molecule has 1 heterocycles. The highest BCUT2D eigenvalue weighted by Gasteiger charge is 2.37. The fraction of sp³-hybridized carbons (Fsp3) is 0.200. The Hall–Kier alpha value is -3.56. The number of rotatable bonds is 6. The standard InChI is InChI=1S/C25H23ClN2O6S/c1-3-33-25(30)19-14-17(10-13-20(19)26)27-24(29)23-15-28(21-6-4-5-7-22(21)34-23)35(31,32)18-11-8-16(2)9-12-18/h4-14,23H,3,15H2,1-2H3,(H,27,29). The van der Waals surface area contributed by atoms with Crippen molar-refractivity contribution >= 4 is 44.9 Å². The molecule has 4 rings (SSSR count). The van der Waals surface area contributed by atoms with Crippen LogP contribution in [0.2, 0.25) is 5.02 Å².